The third-order valence-corrected chi connectivity index (χ3v) is 8.16. The Labute approximate surface area is 258 Å². The molecule has 0 aromatic heterocycles. The van der Waals surface area contributed by atoms with Crippen molar-refractivity contribution in [1.82, 2.24) is 5.32 Å². The van der Waals surface area contributed by atoms with Crippen LogP contribution < -0.4 is 10.2 Å². The Morgan fingerprint density at radius 1 is 0.810 bits per heavy atom. The Hall–Kier alpha value is -1.02. The van der Waals surface area contributed by atoms with Crippen molar-refractivity contribution >= 4 is 13.7 Å². The van der Waals surface area contributed by atoms with Crippen LogP contribution in [0.5, 0.6) is 0 Å². The van der Waals surface area contributed by atoms with Crippen LogP contribution in [0.4, 0.5) is 0 Å². The number of hydrogen-bond acceptors (Lipinski definition) is 6. The lowest BCUT2D eigenvalue weighted by atomic mass is 10.0. The molecule has 0 bridgehead atoms. The van der Waals surface area contributed by atoms with Crippen LogP contribution in [0.15, 0.2) is 24.3 Å². The highest BCUT2D eigenvalue weighted by molar-refractivity contribution is 7.45. The molecule has 0 aliphatic carbocycles. The first-order valence-electron chi connectivity index (χ1n) is 16.6. The summed E-state index contributed by atoms with van der Waals surface area (Å²) in [4.78, 5) is 23.6. The van der Waals surface area contributed by atoms with Crippen molar-refractivity contribution in [2.45, 2.75) is 142 Å². The van der Waals surface area contributed by atoms with Gasteiger partial charge in [0.25, 0.3) is 7.82 Å². The van der Waals surface area contributed by atoms with Gasteiger partial charge in [0, 0.05) is 6.92 Å². The van der Waals surface area contributed by atoms with Gasteiger partial charge in [-0.2, -0.15) is 0 Å². The third-order valence-electron chi connectivity index (χ3n) is 7.20. The van der Waals surface area contributed by atoms with Crippen LogP contribution in [0, 0.1) is 0 Å². The predicted molar refractivity (Wildman–Crippen MR) is 173 cm³/mol. The lowest BCUT2D eigenvalue weighted by Gasteiger charge is -2.29. The molecule has 2 N–H and O–H groups in total. The zero-order valence-corrected chi connectivity index (χ0v) is 28.6. The maximum absolute atomic E-state index is 12.0. The Kier molecular flexibility index (Phi) is 25.7. The molecule has 0 aliphatic heterocycles. The van der Waals surface area contributed by atoms with Crippen LogP contribution in [0.2, 0.25) is 0 Å². The normalized spacial score (nSPS) is 15.3. The monoisotopic (exact) mass is 616 g/mol. The van der Waals surface area contributed by atoms with E-state index in [2.05, 4.69) is 24.4 Å². The van der Waals surface area contributed by atoms with Crippen molar-refractivity contribution in [2.75, 3.05) is 40.9 Å². The van der Waals surface area contributed by atoms with Crippen LogP contribution in [-0.2, 0) is 18.4 Å². The molecule has 3 atom stereocenters. The fourth-order valence-corrected chi connectivity index (χ4v) is 5.28. The molecule has 0 spiro atoms. The van der Waals surface area contributed by atoms with Crippen LogP contribution in [0.1, 0.15) is 129 Å². The Morgan fingerprint density at radius 3 is 1.79 bits per heavy atom. The molecule has 9 heteroatoms. The second-order valence-corrected chi connectivity index (χ2v) is 14.0. The average molecular weight is 617 g/mol. The van der Waals surface area contributed by atoms with Gasteiger partial charge in [-0.05, 0) is 25.7 Å². The van der Waals surface area contributed by atoms with Crippen molar-refractivity contribution in [3.05, 3.63) is 24.3 Å². The van der Waals surface area contributed by atoms with Crippen molar-refractivity contribution in [1.29, 1.82) is 0 Å². The molecule has 1 amide bonds. The number of amides is 1. The lowest BCUT2D eigenvalue weighted by Crippen LogP contribution is -2.45. The molecule has 0 rings (SSSR count). The second kappa shape index (κ2) is 26.4. The molecule has 42 heavy (non-hydrogen) atoms. The van der Waals surface area contributed by atoms with Gasteiger partial charge in [-0.3, -0.25) is 9.36 Å². The number of rotatable bonds is 29. The molecule has 0 fully saturated rings. The van der Waals surface area contributed by atoms with Gasteiger partial charge < -0.3 is 28.8 Å². The van der Waals surface area contributed by atoms with E-state index < -0.39 is 26.6 Å². The van der Waals surface area contributed by atoms with E-state index >= 15 is 0 Å². The highest BCUT2D eigenvalue weighted by atomic mass is 31.2. The Morgan fingerprint density at radius 2 is 1.29 bits per heavy atom. The molecule has 0 heterocycles. The van der Waals surface area contributed by atoms with Gasteiger partial charge in [-0.1, -0.05) is 121 Å². The SMILES string of the molecule is CCCCCCCCCCCCCCCCC/C=C/CC/C=C/C(O)C(COP(=O)([O-])OCC[N+](C)(C)C)NC(C)=O. The summed E-state index contributed by atoms with van der Waals surface area (Å²) in [5.74, 6) is -0.385. The molecular formula is C33H65N2O6P. The van der Waals surface area contributed by atoms with Crippen molar-refractivity contribution in [3.8, 4) is 0 Å². The molecule has 0 saturated heterocycles. The van der Waals surface area contributed by atoms with Crippen LogP contribution in [-0.4, -0.2) is 68.5 Å². The first-order valence-corrected chi connectivity index (χ1v) is 18.1. The predicted octanol–water partition coefficient (Wildman–Crippen LogP) is 7.21. The molecule has 248 valence electrons. The third kappa shape index (κ3) is 29.1. The maximum Gasteiger partial charge on any atom is 0.268 e. The number of nitrogens with zero attached hydrogens (tertiary/aromatic N) is 1. The largest absolute Gasteiger partial charge is 0.756 e. The van der Waals surface area contributed by atoms with Gasteiger partial charge in [0.1, 0.15) is 13.2 Å². The summed E-state index contributed by atoms with van der Waals surface area (Å²) in [7, 11) is 1.23. The van der Waals surface area contributed by atoms with Crippen LogP contribution >= 0.6 is 7.82 Å². The van der Waals surface area contributed by atoms with E-state index in [0.29, 0.717) is 11.0 Å². The number of nitrogens with one attached hydrogen (secondary N) is 1. The number of unbranched alkanes of at least 4 members (excludes halogenated alkanes) is 16. The zero-order valence-electron chi connectivity index (χ0n) is 27.7. The van der Waals surface area contributed by atoms with Gasteiger partial charge in [-0.25, -0.2) is 0 Å². The number of phosphoric ester groups is 1. The van der Waals surface area contributed by atoms with E-state index in [-0.39, 0.29) is 12.5 Å². The van der Waals surface area contributed by atoms with Gasteiger partial charge in [-0.15, -0.1) is 0 Å². The average Bonchev–Trinajstić information content (AvgIpc) is 2.90. The molecule has 0 aromatic rings. The summed E-state index contributed by atoms with van der Waals surface area (Å²) in [6.45, 7) is 3.65. The number of phosphoric acid groups is 1. The molecule has 0 aromatic carbocycles. The fraction of sp³-hybridized carbons (Fsp3) is 0.848. The van der Waals surface area contributed by atoms with Crippen molar-refractivity contribution < 1.29 is 32.9 Å². The summed E-state index contributed by atoms with van der Waals surface area (Å²) < 4.78 is 22.4. The number of aliphatic hydroxyl groups is 1. The smallest absolute Gasteiger partial charge is 0.268 e. The van der Waals surface area contributed by atoms with Gasteiger partial charge >= 0.3 is 0 Å². The van der Waals surface area contributed by atoms with E-state index in [1.165, 1.54) is 103 Å². The van der Waals surface area contributed by atoms with E-state index in [1.54, 1.807) is 6.08 Å². The maximum atomic E-state index is 12.0. The number of hydrogen-bond donors (Lipinski definition) is 2. The van der Waals surface area contributed by atoms with E-state index in [9.17, 15) is 19.4 Å². The minimum Gasteiger partial charge on any atom is -0.756 e. The highest BCUT2D eigenvalue weighted by Crippen LogP contribution is 2.38. The molecular weight excluding hydrogens is 551 g/mol. The van der Waals surface area contributed by atoms with E-state index in [1.807, 2.05) is 27.2 Å². The molecule has 0 radical (unpaired) electrons. The molecule has 3 unspecified atom stereocenters. The first-order chi connectivity index (χ1) is 20.0. The van der Waals surface area contributed by atoms with Gasteiger partial charge in [0.2, 0.25) is 5.91 Å². The van der Waals surface area contributed by atoms with E-state index in [0.717, 1.165) is 19.3 Å². The van der Waals surface area contributed by atoms with Gasteiger partial charge in [0.05, 0.1) is 39.9 Å². The summed E-state index contributed by atoms with van der Waals surface area (Å²) in [6, 6.07) is -0.899. The fourth-order valence-electron chi connectivity index (χ4n) is 4.55. The number of aliphatic hydroxyl groups excluding tert-OH is 1. The quantitative estimate of drug-likeness (QED) is 0.0398. The summed E-state index contributed by atoms with van der Waals surface area (Å²) in [5, 5.41) is 13.0. The van der Waals surface area contributed by atoms with Gasteiger partial charge in [0.15, 0.2) is 0 Å². The van der Waals surface area contributed by atoms with E-state index in [4.69, 9.17) is 9.05 Å². The Bertz CT molecular complexity index is 753. The van der Waals surface area contributed by atoms with Crippen molar-refractivity contribution in [2.24, 2.45) is 0 Å². The molecule has 0 aliphatic rings. The summed E-state index contributed by atoms with van der Waals surface area (Å²) in [6.07, 6.45) is 30.0. The summed E-state index contributed by atoms with van der Waals surface area (Å²) >= 11 is 0. The Balaban J connectivity index is 3.92. The topological polar surface area (TPSA) is 108 Å². The number of allylic oxidation sites excluding steroid dienone is 3. The first kappa shape index (κ1) is 41.0. The number of quaternary nitrogens is 1. The number of carbonyl (C=O) groups is 1. The second-order valence-electron chi connectivity index (χ2n) is 12.6. The minimum absolute atomic E-state index is 0.00943. The minimum atomic E-state index is -4.54. The number of carbonyl (C=O) groups excluding carboxylic acids is 1. The van der Waals surface area contributed by atoms with Crippen LogP contribution in [0.25, 0.3) is 0 Å². The van der Waals surface area contributed by atoms with Crippen molar-refractivity contribution in [3.63, 3.8) is 0 Å². The molecule has 0 saturated carbocycles. The zero-order chi connectivity index (χ0) is 31.5. The lowest BCUT2D eigenvalue weighted by molar-refractivity contribution is -0.870. The molecule has 8 nitrogen and oxygen atoms in total. The summed E-state index contributed by atoms with van der Waals surface area (Å²) in [5.41, 5.74) is 0. The number of likely N-dealkylation sites (N-methyl/N-ethyl adjacent to an activating group) is 1. The highest BCUT2D eigenvalue weighted by Gasteiger charge is 2.22. The van der Waals surface area contributed by atoms with Crippen LogP contribution in [0.3, 0.4) is 0 Å². The standard InChI is InChI=1S/C33H65N2O6P/c1-6-7-8-9-10-11-12-13-14-15-16-17-18-19-20-21-22-23-24-25-26-27-33(37)32(34-31(2)36)30-41-42(38,39)40-29-28-35(3,4)5/h22-23,26-27,32-33,37H,6-21,24-25,28-30H2,1-5H3,(H-,34,36,38,39)/b23-22+,27-26+.